The monoisotopic (exact) mass is 218 g/mol. The van der Waals surface area contributed by atoms with Crippen molar-refractivity contribution in [3.63, 3.8) is 0 Å². The Kier molecular flexibility index (Phi) is 3.14. The second-order valence-corrected chi connectivity index (χ2v) is 4.55. The summed E-state index contributed by atoms with van der Waals surface area (Å²) in [6.07, 6.45) is 2.62. The highest BCUT2D eigenvalue weighted by molar-refractivity contribution is 7.10. The van der Waals surface area contributed by atoms with E-state index < -0.39 is 0 Å². The second-order valence-electron chi connectivity index (χ2n) is 3.60. The fourth-order valence-corrected chi connectivity index (χ4v) is 2.53. The normalized spacial score (nSPS) is 12.7. The fraction of sp³-hybridized carbons (Fsp3) is 0.250. The Morgan fingerprint density at radius 3 is 2.87 bits per heavy atom. The summed E-state index contributed by atoms with van der Waals surface area (Å²) in [6.45, 7) is 2.10. The summed E-state index contributed by atoms with van der Waals surface area (Å²) >= 11 is 1.72. The van der Waals surface area contributed by atoms with Crippen LogP contribution in [0.5, 0.6) is 0 Å². The highest BCUT2D eigenvalue weighted by Gasteiger charge is 2.11. The molecule has 0 bridgehead atoms. The van der Waals surface area contributed by atoms with Crippen molar-refractivity contribution >= 4 is 11.3 Å². The van der Waals surface area contributed by atoms with E-state index in [-0.39, 0.29) is 6.04 Å². The Morgan fingerprint density at radius 2 is 2.27 bits per heavy atom. The van der Waals surface area contributed by atoms with Crippen molar-refractivity contribution in [1.82, 2.24) is 4.98 Å². The van der Waals surface area contributed by atoms with E-state index in [2.05, 4.69) is 23.4 Å². The minimum absolute atomic E-state index is 0.0694. The van der Waals surface area contributed by atoms with Crippen molar-refractivity contribution in [3.05, 3.63) is 52.0 Å². The van der Waals surface area contributed by atoms with Gasteiger partial charge in [0.05, 0.1) is 0 Å². The van der Waals surface area contributed by atoms with Crippen LogP contribution < -0.4 is 5.73 Å². The van der Waals surface area contributed by atoms with Gasteiger partial charge in [0, 0.05) is 29.2 Å². The number of aromatic nitrogens is 1. The van der Waals surface area contributed by atoms with Gasteiger partial charge in [0.15, 0.2) is 0 Å². The van der Waals surface area contributed by atoms with E-state index in [0.29, 0.717) is 0 Å². The maximum Gasteiger partial charge on any atom is 0.0448 e. The first-order valence-electron chi connectivity index (χ1n) is 4.97. The van der Waals surface area contributed by atoms with Gasteiger partial charge >= 0.3 is 0 Å². The van der Waals surface area contributed by atoms with E-state index in [4.69, 9.17) is 5.73 Å². The van der Waals surface area contributed by atoms with Crippen molar-refractivity contribution in [1.29, 1.82) is 0 Å². The van der Waals surface area contributed by atoms with Gasteiger partial charge in [-0.2, -0.15) is 0 Å². The SMILES string of the molecule is Cc1ccsc1C(N)Cc1ccccn1. The summed E-state index contributed by atoms with van der Waals surface area (Å²) in [5, 5.41) is 2.09. The molecule has 0 fully saturated rings. The molecule has 1 unspecified atom stereocenters. The summed E-state index contributed by atoms with van der Waals surface area (Å²) in [6, 6.07) is 8.11. The highest BCUT2D eigenvalue weighted by atomic mass is 32.1. The molecule has 0 spiro atoms. The summed E-state index contributed by atoms with van der Waals surface area (Å²) in [5.74, 6) is 0. The molecule has 15 heavy (non-hydrogen) atoms. The van der Waals surface area contributed by atoms with Crippen molar-refractivity contribution in [3.8, 4) is 0 Å². The third kappa shape index (κ3) is 2.43. The molecule has 0 radical (unpaired) electrons. The molecular formula is C12H14N2S. The molecule has 0 amide bonds. The maximum atomic E-state index is 6.14. The zero-order valence-electron chi connectivity index (χ0n) is 8.68. The molecule has 78 valence electrons. The summed E-state index contributed by atoms with van der Waals surface area (Å²) in [5.41, 5.74) is 8.48. The minimum atomic E-state index is 0.0694. The number of hydrogen-bond acceptors (Lipinski definition) is 3. The standard InChI is InChI=1S/C12H14N2S/c1-9-5-7-15-12(9)11(13)8-10-4-2-3-6-14-10/h2-7,11H,8,13H2,1H3. The van der Waals surface area contributed by atoms with Gasteiger partial charge < -0.3 is 5.73 Å². The lowest BCUT2D eigenvalue weighted by atomic mass is 10.1. The number of thiophene rings is 1. The van der Waals surface area contributed by atoms with Crippen molar-refractivity contribution in [2.75, 3.05) is 0 Å². The lowest BCUT2D eigenvalue weighted by Crippen LogP contribution is -2.13. The van der Waals surface area contributed by atoms with E-state index in [0.717, 1.165) is 12.1 Å². The molecule has 0 saturated heterocycles. The molecule has 2 aromatic heterocycles. The van der Waals surface area contributed by atoms with Gasteiger partial charge in [0.25, 0.3) is 0 Å². The Hall–Kier alpha value is -1.19. The van der Waals surface area contributed by atoms with Crippen molar-refractivity contribution in [2.24, 2.45) is 5.73 Å². The molecule has 3 heteroatoms. The lowest BCUT2D eigenvalue weighted by Gasteiger charge is -2.10. The molecule has 1 atom stereocenters. The van der Waals surface area contributed by atoms with Crippen LogP contribution in [0.4, 0.5) is 0 Å². The summed E-state index contributed by atoms with van der Waals surface area (Å²) in [7, 11) is 0. The van der Waals surface area contributed by atoms with Crippen LogP contribution in [-0.2, 0) is 6.42 Å². The van der Waals surface area contributed by atoms with Crippen LogP contribution in [0.2, 0.25) is 0 Å². The Labute approximate surface area is 93.8 Å². The van der Waals surface area contributed by atoms with Crippen molar-refractivity contribution < 1.29 is 0 Å². The van der Waals surface area contributed by atoms with Crippen LogP contribution in [-0.4, -0.2) is 4.98 Å². The molecule has 0 aromatic carbocycles. The zero-order valence-corrected chi connectivity index (χ0v) is 9.50. The van der Waals surface area contributed by atoms with Gasteiger partial charge in [-0.1, -0.05) is 6.07 Å². The average molecular weight is 218 g/mol. The number of rotatable bonds is 3. The van der Waals surface area contributed by atoms with Gasteiger partial charge in [-0.25, -0.2) is 0 Å². The predicted octanol–water partition coefficient (Wildman–Crippen LogP) is 2.69. The van der Waals surface area contributed by atoms with Gasteiger partial charge in [0.2, 0.25) is 0 Å². The second kappa shape index (κ2) is 4.55. The molecule has 0 saturated carbocycles. The fourth-order valence-electron chi connectivity index (χ4n) is 1.60. The number of nitrogens with two attached hydrogens (primary N) is 1. The largest absolute Gasteiger partial charge is 0.323 e. The van der Waals surface area contributed by atoms with Crippen molar-refractivity contribution in [2.45, 2.75) is 19.4 Å². The zero-order chi connectivity index (χ0) is 10.7. The number of hydrogen-bond donors (Lipinski definition) is 1. The molecule has 2 aromatic rings. The van der Waals surface area contributed by atoms with Gasteiger partial charge in [-0.05, 0) is 36.1 Å². The summed E-state index contributed by atoms with van der Waals surface area (Å²) in [4.78, 5) is 5.55. The third-order valence-electron chi connectivity index (χ3n) is 2.39. The smallest absolute Gasteiger partial charge is 0.0448 e. The van der Waals surface area contributed by atoms with Crippen LogP contribution in [0.3, 0.4) is 0 Å². The average Bonchev–Trinajstić information content (AvgIpc) is 2.66. The predicted molar refractivity (Wildman–Crippen MR) is 63.9 cm³/mol. The Balaban J connectivity index is 2.11. The topological polar surface area (TPSA) is 38.9 Å². The first-order chi connectivity index (χ1) is 7.27. The van der Waals surface area contributed by atoms with Crippen LogP contribution in [0.15, 0.2) is 35.8 Å². The minimum Gasteiger partial charge on any atom is -0.323 e. The highest BCUT2D eigenvalue weighted by Crippen LogP contribution is 2.24. The number of nitrogens with zero attached hydrogens (tertiary/aromatic N) is 1. The summed E-state index contributed by atoms with van der Waals surface area (Å²) < 4.78 is 0. The molecule has 2 heterocycles. The van der Waals surface area contributed by atoms with E-state index in [9.17, 15) is 0 Å². The van der Waals surface area contributed by atoms with E-state index in [1.165, 1.54) is 10.4 Å². The molecule has 0 aliphatic carbocycles. The first-order valence-corrected chi connectivity index (χ1v) is 5.85. The van der Waals surface area contributed by atoms with E-state index >= 15 is 0 Å². The lowest BCUT2D eigenvalue weighted by molar-refractivity contribution is 0.716. The third-order valence-corrected chi connectivity index (χ3v) is 3.54. The van der Waals surface area contributed by atoms with E-state index in [1.54, 1.807) is 11.3 Å². The van der Waals surface area contributed by atoms with Crippen LogP contribution in [0, 0.1) is 6.92 Å². The van der Waals surface area contributed by atoms with Crippen LogP contribution in [0.1, 0.15) is 22.2 Å². The molecular weight excluding hydrogens is 204 g/mol. The first kappa shape index (κ1) is 10.3. The molecule has 2 nitrogen and oxygen atoms in total. The van der Waals surface area contributed by atoms with E-state index in [1.807, 2.05) is 24.4 Å². The quantitative estimate of drug-likeness (QED) is 0.860. The molecule has 0 aliphatic rings. The van der Waals surface area contributed by atoms with Gasteiger partial charge in [0.1, 0.15) is 0 Å². The van der Waals surface area contributed by atoms with Crippen LogP contribution >= 0.6 is 11.3 Å². The molecule has 0 aliphatic heterocycles. The Morgan fingerprint density at radius 1 is 1.40 bits per heavy atom. The maximum absolute atomic E-state index is 6.14. The Bertz CT molecular complexity index is 422. The van der Waals surface area contributed by atoms with Gasteiger partial charge in [-0.15, -0.1) is 11.3 Å². The molecule has 2 rings (SSSR count). The van der Waals surface area contributed by atoms with Gasteiger partial charge in [-0.3, -0.25) is 4.98 Å². The number of pyridine rings is 1. The van der Waals surface area contributed by atoms with Crippen LogP contribution in [0.25, 0.3) is 0 Å². The molecule has 2 N–H and O–H groups in total. The number of aryl methyl sites for hydroxylation is 1.